The first kappa shape index (κ1) is 12.3. The van der Waals surface area contributed by atoms with Gasteiger partial charge in [0.25, 0.3) is 0 Å². The van der Waals surface area contributed by atoms with Gasteiger partial charge >= 0.3 is 0 Å². The molecule has 16 heavy (non-hydrogen) atoms. The molecule has 0 bridgehead atoms. The summed E-state index contributed by atoms with van der Waals surface area (Å²) in [5.41, 5.74) is 6.76. The fourth-order valence-corrected chi connectivity index (χ4v) is 1.26. The molecule has 2 N–H and O–H groups in total. The van der Waals surface area contributed by atoms with Gasteiger partial charge in [0.05, 0.1) is 0 Å². The lowest BCUT2D eigenvalue weighted by Gasteiger charge is -2.07. The van der Waals surface area contributed by atoms with E-state index < -0.39 is 0 Å². The van der Waals surface area contributed by atoms with Crippen LogP contribution >= 0.6 is 12.4 Å². The van der Waals surface area contributed by atoms with Gasteiger partial charge in [-0.3, -0.25) is 0 Å². The van der Waals surface area contributed by atoms with Gasteiger partial charge in [0, 0.05) is 6.20 Å². The van der Waals surface area contributed by atoms with Gasteiger partial charge in [-0.05, 0) is 17.7 Å². The largest absolute Gasteiger partial charge is 0.485 e. The van der Waals surface area contributed by atoms with Gasteiger partial charge in [-0.1, -0.05) is 30.3 Å². The van der Waals surface area contributed by atoms with Crippen molar-refractivity contribution >= 4 is 18.2 Å². The zero-order chi connectivity index (χ0) is 10.5. The van der Waals surface area contributed by atoms with Crippen molar-refractivity contribution in [3.8, 4) is 5.75 Å². The fourth-order valence-electron chi connectivity index (χ4n) is 1.26. The van der Waals surface area contributed by atoms with Crippen molar-refractivity contribution in [2.75, 3.05) is 5.73 Å². The van der Waals surface area contributed by atoms with Crippen LogP contribution in [-0.4, -0.2) is 4.98 Å². The van der Waals surface area contributed by atoms with Gasteiger partial charge in [0.2, 0.25) is 0 Å². The van der Waals surface area contributed by atoms with Gasteiger partial charge in [0.15, 0.2) is 11.6 Å². The van der Waals surface area contributed by atoms with E-state index >= 15 is 0 Å². The summed E-state index contributed by atoms with van der Waals surface area (Å²) in [6, 6.07) is 13.6. The van der Waals surface area contributed by atoms with E-state index in [0.29, 0.717) is 18.2 Å². The second-order valence-electron chi connectivity index (χ2n) is 3.16. The van der Waals surface area contributed by atoms with Crippen LogP contribution in [-0.2, 0) is 6.61 Å². The van der Waals surface area contributed by atoms with Crippen molar-refractivity contribution < 1.29 is 4.74 Å². The normalized spacial score (nSPS) is 9.25. The molecule has 84 valence electrons. The van der Waals surface area contributed by atoms with Crippen LogP contribution in [0.1, 0.15) is 5.56 Å². The number of hydrogen-bond donors (Lipinski definition) is 1. The summed E-state index contributed by atoms with van der Waals surface area (Å²) in [5.74, 6) is 1.05. The molecule has 0 fully saturated rings. The number of halogens is 1. The number of aromatic nitrogens is 1. The molecule has 3 nitrogen and oxygen atoms in total. The number of hydrogen-bond acceptors (Lipinski definition) is 3. The molecule has 1 aromatic carbocycles. The van der Waals surface area contributed by atoms with Gasteiger partial charge in [-0.25, -0.2) is 4.98 Å². The summed E-state index contributed by atoms with van der Waals surface area (Å²) >= 11 is 0. The average molecular weight is 237 g/mol. The van der Waals surface area contributed by atoms with Gasteiger partial charge in [-0.2, -0.15) is 0 Å². The maximum atomic E-state index is 5.65. The molecule has 1 heterocycles. The molecule has 0 radical (unpaired) electrons. The number of ether oxygens (including phenoxy) is 1. The van der Waals surface area contributed by atoms with Crippen LogP contribution in [0.15, 0.2) is 48.7 Å². The predicted molar refractivity (Wildman–Crippen MR) is 66.7 cm³/mol. The number of anilines is 1. The monoisotopic (exact) mass is 236 g/mol. The Morgan fingerprint density at radius 2 is 1.81 bits per heavy atom. The predicted octanol–water partition coefficient (Wildman–Crippen LogP) is 2.66. The maximum Gasteiger partial charge on any atom is 0.166 e. The Morgan fingerprint density at radius 3 is 2.50 bits per heavy atom. The molecule has 0 unspecified atom stereocenters. The number of pyridine rings is 1. The molecule has 0 aliphatic heterocycles. The van der Waals surface area contributed by atoms with Gasteiger partial charge in [-0.15, -0.1) is 12.4 Å². The third kappa shape index (κ3) is 3.14. The minimum atomic E-state index is 0. The van der Waals surface area contributed by atoms with Crippen LogP contribution in [0.5, 0.6) is 5.75 Å². The van der Waals surface area contributed by atoms with Crippen LogP contribution in [0.25, 0.3) is 0 Å². The zero-order valence-corrected chi connectivity index (χ0v) is 9.48. The molecule has 2 rings (SSSR count). The van der Waals surface area contributed by atoms with E-state index in [-0.39, 0.29) is 12.4 Å². The molecule has 4 heteroatoms. The lowest BCUT2D eigenvalue weighted by molar-refractivity contribution is 0.307. The summed E-state index contributed by atoms with van der Waals surface area (Å²) in [6.07, 6.45) is 1.64. The minimum absolute atomic E-state index is 0. The molecule has 0 saturated heterocycles. The lowest BCUT2D eigenvalue weighted by atomic mass is 10.2. The Morgan fingerprint density at radius 1 is 1.06 bits per heavy atom. The van der Waals surface area contributed by atoms with Crippen molar-refractivity contribution in [3.63, 3.8) is 0 Å². The highest BCUT2D eigenvalue weighted by Gasteiger charge is 1.99. The number of nitrogen functional groups attached to an aromatic ring is 1. The third-order valence-electron chi connectivity index (χ3n) is 2.04. The highest BCUT2D eigenvalue weighted by atomic mass is 35.5. The molecule has 2 aromatic rings. The van der Waals surface area contributed by atoms with Crippen molar-refractivity contribution in [1.82, 2.24) is 4.98 Å². The highest BCUT2D eigenvalue weighted by molar-refractivity contribution is 5.85. The van der Waals surface area contributed by atoms with Gasteiger partial charge in [0.1, 0.15) is 6.61 Å². The van der Waals surface area contributed by atoms with Crippen LogP contribution in [0, 0.1) is 0 Å². The standard InChI is InChI=1S/C12H12N2O.ClH/c13-12-11(7-4-8-14-12)15-9-10-5-2-1-3-6-10;/h1-8H,9H2,(H2,13,14);1H. The Bertz CT molecular complexity index is 434. The van der Waals surface area contributed by atoms with Crippen molar-refractivity contribution in [1.29, 1.82) is 0 Å². The lowest BCUT2D eigenvalue weighted by Crippen LogP contribution is -1.99. The third-order valence-corrected chi connectivity index (χ3v) is 2.04. The summed E-state index contributed by atoms with van der Waals surface area (Å²) in [4.78, 5) is 3.94. The maximum absolute atomic E-state index is 5.65. The quantitative estimate of drug-likeness (QED) is 0.891. The molecule has 0 aliphatic rings. The van der Waals surface area contributed by atoms with Crippen LogP contribution in [0.4, 0.5) is 5.82 Å². The Balaban J connectivity index is 0.00000128. The summed E-state index contributed by atoms with van der Waals surface area (Å²) in [5, 5.41) is 0. The molecule has 0 atom stereocenters. The smallest absolute Gasteiger partial charge is 0.166 e. The van der Waals surface area contributed by atoms with Gasteiger partial charge < -0.3 is 10.5 Å². The zero-order valence-electron chi connectivity index (χ0n) is 8.67. The molecule has 0 spiro atoms. The number of nitrogens with two attached hydrogens (primary N) is 1. The average Bonchev–Trinajstić information content (AvgIpc) is 2.29. The van der Waals surface area contributed by atoms with E-state index in [1.165, 1.54) is 0 Å². The highest BCUT2D eigenvalue weighted by Crippen LogP contribution is 2.18. The second-order valence-corrected chi connectivity index (χ2v) is 3.16. The van der Waals surface area contributed by atoms with Crippen molar-refractivity contribution in [3.05, 3.63) is 54.2 Å². The van der Waals surface area contributed by atoms with E-state index in [0.717, 1.165) is 5.56 Å². The molecular formula is C12H13ClN2O. The first-order valence-corrected chi connectivity index (χ1v) is 4.73. The summed E-state index contributed by atoms with van der Waals surface area (Å²) in [6.45, 7) is 0.511. The first-order chi connectivity index (χ1) is 7.36. The van der Waals surface area contributed by atoms with Crippen LogP contribution in [0.3, 0.4) is 0 Å². The molecule has 0 amide bonds. The van der Waals surface area contributed by atoms with Crippen LogP contribution < -0.4 is 10.5 Å². The second kappa shape index (κ2) is 5.98. The van der Waals surface area contributed by atoms with E-state index in [4.69, 9.17) is 10.5 Å². The van der Waals surface area contributed by atoms with Crippen molar-refractivity contribution in [2.24, 2.45) is 0 Å². The summed E-state index contributed by atoms with van der Waals surface area (Å²) < 4.78 is 5.54. The SMILES string of the molecule is Cl.Nc1ncccc1OCc1ccccc1. The van der Waals surface area contributed by atoms with Crippen molar-refractivity contribution in [2.45, 2.75) is 6.61 Å². The number of benzene rings is 1. The van der Waals surface area contributed by atoms with Crippen LogP contribution in [0.2, 0.25) is 0 Å². The molecular weight excluding hydrogens is 224 g/mol. The fraction of sp³-hybridized carbons (Fsp3) is 0.0833. The molecule has 1 aromatic heterocycles. The molecule has 0 aliphatic carbocycles. The van der Waals surface area contributed by atoms with E-state index in [1.54, 1.807) is 12.3 Å². The number of nitrogens with zero attached hydrogens (tertiary/aromatic N) is 1. The summed E-state index contributed by atoms with van der Waals surface area (Å²) in [7, 11) is 0. The Labute approximate surface area is 101 Å². The Kier molecular flexibility index (Phi) is 4.61. The van der Waals surface area contributed by atoms with E-state index in [1.807, 2.05) is 36.4 Å². The topological polar surface area (TPSA) is 48.1 Å². The number of rotatable bonds is 3. The first-order valence-electron chi connectivity index (χ1n) is 4.73. The minimum Gasteiger partial charge on any atom is -0.485 e. The molecule has 0 saturated carbocycles. The van der Waals surface area contributed by atoms with E-state index in [2.05, 4.69) is 4.98 Å². The van der Waals surface area contributed by atoms with E-state index in [9.17, 15) is 0 Å². The Hall–Kier alpha value is -1.74.